The summed E-state index contributed by atoms with van der Waals surface area (Å²) < 4.78 is 11.2. The summed E-state index contributed by atoms with van der Waals surface area (Å²) in [6.07, 6.45) is 0. The maximum absolute atomic E-state index is 12.9. The monoisotopic (exact) mass is 414 g/mol. The second-order valence-electron chi connectivity index (χ2n) is 7.11. The number of hydrogen-bond acceptors (Lipinski definition) is 5. The van der Waals surface area contributed by atoms with Crippen LogP contribution in [0.3, 0.4) is 0 Å². The number of carbonyl (C=O) groups is 2. The van der Waals surface area contributed by atoms with Crippen LogP contribution in [0.4, 0.5) is 0 Å². The van der Waals surface area contributed by atoms with Gasteiger partial charge in [0.15, 0.2) is 11.5 Å². The Hall–Kier alpha value is -2.67. The fourth-order valence-corrected chi connectivity index (χ4v) is 3.84. The van der Waals surface area contributed by atoms with Crippen LogP contribution in [0, 0.1) is 0 Å². The molecule has 0 aromatic heterocycles. The van der Waals surface area contributed by atoms with E-state index in [4.69, 9.17) is 9.47 Å². The first-order valence-electron chi connectivity index (χ1n) is 9.65. The van der Waals surface area contributed by atoms with Crippen LogP contribution < -0.4 is 20.1 Å². The standard InChI is InChI=1S/C22H26N2O4S/c1-14(2)23-21(25)13-29-20-7-5-4-6-17(20)22(26)24-15(3)16-8-9-18-19(12-16)28-11-10-27-18/h4-9,12,14-15H,10-11,13H2,1-3H3,(H,23,25)(H,24,26)/t15-/m0/s1. The summed E-state index contributed by atoms with van der Waals surface area (Å²) in [4.78, 5) is 25.6. The summed E-state index contributed by atoms with van der Waals surface area (Å²) >= 11 is 1.36. The van der Waals surface area contributed by atoms with E-state index >= 15 is 0 Å². The number of amides is 2. The van der Waals surface area contributed by atoms with Gasteiger partial charge < -0.3 is 20.1 Å². The van der Waals surface area contributed by atoms with Crippen molar-refractivity contribution in [1.29, 1.82) is 0 Å². The molecular weight excluding hydrogens is 388 g/mol. The molecule has 7 heteroatoms. The van der Waals surface area contributed by atoms with E-state index in [1.165, 1.54) is 11.8 Å². The van der Waals surface area contributed by atoms with Gasteiger partial charge in [0, 0.05) is 10.9 Å². The van der Waals surface area contributed by atoms with Gasteiger partial charge in [0.1, 0.15) is 13.2 Å². The van der Waals surface area contributed by atoms with Crippen molar-refractivity contribution >= 4 is 23.6 Å². The molecule has 0 bridgehead atoms. The first kappa shape index (κ1) is 21.0. The zero-order valence-corrected chi connectivity index (χ0v) is 17.7. The highest BCUT2D eigenvalue weighted by molar-refractivity contribution is 8.00. The lowest BCUT2D eigenvalue weighted by Crippen LogP contribution is -2.31. The summed E-state index contributed by atoms with van der Waals surface area (Å²) in [7, 11) is 0. The quantitative estimate of drug-likeness (QED) is 0.678. The fraction of sp³-hybridized carbons (Fsp3) is 0.364. The number of thioether (sulfide) groups is 1. The molecule has 0 radical (unpaired) electrons. The molecule has 3 rings (SSSR count). The number of fused-ring (bicyclic) bond motifs is 1. The van der Waals surface area contributed by atoms with Gasteiger partial charge in [0.25, 0.3) is 5.91 Å². The molecule has 1 aliphatic heterocycles. The minimum absolute atomic E-state index is 0.0511. The SMILES string of the molecule is CC(C)NC(=O)CSc1ccccc1C(=O)N[C@@H](C)c1ccc2c(c1)OCCO2. The fourth-order valence-electron chi connectivity index (χ4n) is 2.97. The lowest BCUT2D eigenvalue weighted by atomic mass is 10.1. The Balaban J connectivity index is 1.66. The van der Waals surface area contributed by atoms with Crippen LogP contribution in [0.2, 0.25) is 0 Å². The smallest absolute Gasteiger partial charge is 0.252 e. The van der Waals surface area contributed by atoms with Crippen LogP contribution in [-0.2, 0) is 4.79 Å². The summed E-state index contributed by atoms with van der Waals surface area (Å²) in [5.74, 6) is 1.45. The lowest BCUT2D eigenvalue weighted by molar-refractivity contribution is -0.119. The lowest BCUT2D eigenvalue weighted by Gasteiger charge is -2.21. The van der Waals surface area contributed by atoms with Crippen molar-refractivity contribution in [3.8, 4) is 11.5 Å². The Kier molecular flexibility index (Phi) is 7.04. The van der Waals surface area contributed by atoms with E-state index in [0.717, 1.165) is 16.2 Å². The molecule has 0 spiro atoms. The molecule has 2 amide bonds. The molecular formula is C22H26N2O4S. The molecule has 2 N–H and O–H groups in total. The molecule has 6 nitrogen and oxygen atoms in total. The third-order valence-corrected chi connectivity index (χ3v) is 5.43. The molecule has 1 aliphatic rings. The van der Waals surface area contributed by atoms with Gasteiger partial charge in [-0.15, -0.1) is 11.8 Å². The number of nitrogens with one attached hydrogen (secondary N) is 2. The zero-order chi connectivity index (χ0) is 20.8. The van der Waals surface area contributed by atoms with Crippen molar-refractivity contribution in [3.63, 3.8) is 0 Å². The summed E-state index contributed by atoms with van der Waals surface area (Å²) in [5, 5.41) is 5.89. The van der Waals surface area contributed by atoms with Gasteiger partial charge in [-0.2, -0.15) is 0 Å². The van der Waals surface area contributed by atoms with Crippen molar-refractivity contribution < 1.29 is 19.1 Å². The Bertz CT molecular complexity index is 885. The minimum Gasteiger partial charge on any atom is -0.486 e. The van der Waals surface area contributed by atoms with E-state index in [2.05, 4.69) is 10.6 Å². The van der Waals surface area contributed by atoms with Gasteiger partial charge in [0.2, 0.25) is 5.91 Å². The van der Waals surface area contributed by atoms with Crippen LogP contribution >= 0.6 is 11.8 Å². The van der Waals surface area contributed by atoms with Gasteiger partial charge in [-0.1, -0.05) is 18.2 Å². The first-order chi connectivity index (χ1) is 13.9. The van der Waals surface area contributed by atoms with Gasteiger partial charge in [-0.05, 0) is 50.6 Å². The minimum atomic E-state index is -0.208. The van der Waals surface area contributed by atoms with E-state index in [1.807, 2.05) is 57.2 Å². The number of rotatable bonds is 7. The van der Waals surface area contributed by atoms with Crippen molar-refractivity contribution in [2.24, 2.45) is 0 Å². The van der Waals surface area contributed by atoms with Crippen molar-refractivity contribution in [3.05, 3.63) is 53.6 Å². The molecule has 1 atom stereocenters. The van der Waals surface area contributed by atoms with Gasteiger partial charge in [-0.25, -0.2) is 0 Å². The second-order valence-corrected chi connectivity index (χ2v) is 8.12. The molecule has 0 unspecified atom stereocenters. The Morgan fingerprint density at radius 2 is 1.72 bits per heavy atom. The Morgan fingerprint density at radius 3 is 2.48 bits per heavy atom. The molecule has 0 fully saturated rings. The number of ether oxygens (including phenoxy) is 2. The Labute approximate surface area is 175 Å². The highest BCUT2D eigenvalue weighted by atomic mass is 32.2. The molecule has 29 heavy (non-hydrogen) atoms. The average molecular weight is 415 g/mol. The molecule has 2 aromatic carbocycles. The predicted octanol–water partition coefficient (Wildman–Crippen LogP) is 3.57. The molecule has 0 aliphatic carbocycles. The molecule has 154 valence electrons. The largest absolute Gasteiger partial charge is 0.486 e. The summed E-state index contributed by atoms with van der Waals surface area (Å²) in [6.45, 7) is 6.83. The summed E-state index contributed by atoms with van der Waals surface area (Å²) in [6, 6.07) is 12.9. The maximum Gasteiger partial charge on any atom is 0.252 e. The van der Waals surface area contributed by atoms with E-state index in [-0.39, 0.29) is 29.7 Å². The first-order valence-corrected chi connectivity index (χ1v) is 10.6. The van der Waals surface area contributed by atoms with Crippen molar-refractivity contribution in [2.45, 2.75) is 37.8 Å². The van der Waals surface area contributed by atoms with E-state index in [1.54, 1.807) is 6.07 Å². The van der Waals surface area contributed by atoms with Crippen LogP contribution in [0.5, 0.6) is 11.5 Å². The number of hydrogen-bond donors (Lipinski definition) is 2. The highest BCUT2D eigenvalue weighted by Crippen LogP contribution is 2.32. The average Bonchev–Trinajstić information content (AvgIpc) is 2.71. The number of benzene rings is 2. The predicted molar refractivity (Wildman–Crippen MR) is 114 cm³/mol. The molecule has 0 saturated heterocycles. The van der Waals surface area contributed by atoms with Gasteiger partial charge >= 0.3 is 0 Å². The molecule has 1 heterocycles. The van der Waals surface area contributed by atoms with Gasteiger partial charge in [0.05, 0.1) is 17.4 Å². The van der Waals surface area contributed by atoms with Crippen LogP contribution in [0.25, 0.3) is 0 Å². The van der Waals surface area contributed by atoms with E-state index in [9.17, 15) is 9.59 Å². The van der Waals surface area contributed by atoms with Gasteiger partial charge in [-0.3, -0.25) is 9.59 Å². The third kappa shape index (κ3) is 5.67. The van der Waals surface area contributed by atoms with Crippen LogP contribution in [0.15, 0.2) is 47.4 Å². The Morgan fingerprint density at radius 1 is 1.00 bits per heavy atom. The topological polar surface area (TPSA) is 76.7 Å². The second kappa shape index (κ2) is 9.69. The highest BCUT2D eigenvalue weighted by Gasteiger charge is 2.18. The van der Waals surface area contributed by atoms with Crippen molar-refractivity contribution in [1.82, 2.24) is 10.6 Å². The normalized spacial score (nSPS) is 13.7. The summed E-state index contributed by atoms with van der Waals surface area (Å²) in [5.41, 5.74) is 1.49. The van der Waals surface area contributed by atoms with Crippen LogP contribution in [0.1, 0.15) is 42.7 Å². The van der Waals surface area contributed by atoms with E-state index in [0.29, 0.717) is 24.5 Å². The van der Waals surface area contributed by atoms with Crippen molar-refractivity contribution in [2.75, 3.05) is 19.0 Å². The van der Waals surface area contributed by atoms with E-state index < -0.39 is 0 Å². The number of carbonyl (C=O) groups excluding carboxylic acids is 2. The molecule has 0 saturated carbocycles. The third-order valence-electron chi connectivity index (χ3n) is 4.35. The maximum atomic E-state index is 12.9. The zero-order valence-electron chi connectivity index (χ0n) is 16.9. The molecule has 2 aromatic rings. The van der Waals surface area contributed by atoms with Crippen LogP contribution in [-0.4, -0.2) is 36.8 Å².